The molecule has 0 unspecified atom stereocenters. The molecule has 0 bridgehead atoms. The van der Waals surface area contributed by atoms with E-state index in [9.17, 15) is 9.18 Å². The molecule has 18 heavy (non-hydrogen) atoms. The maximum Gasteiger partial charge on any atom is 0.196 e. The van der Waals surface area contributed by atoms with Gasteiger partial charge in [-0.15, -0.1) is 0 Å². The Labute approximate surface area is 114 Å². The lowest BCUT2D eigenvalue weighted by atomic mass is 9.97. The summed E-state index contributed by atoms with van der Waals surface area (Å²) >= 11 is 3.41. The van der Waals surface area contributed by atoms with Crippen molar-refractivity contribution in [3.05, 3.63) is 68.9 Å². The second-order valence-electron chi connectivity index (χ2n) is 4.23. The highest BCUT2D eigenvalue weighted by molar-refractivity contribution is 9.10. The summed E-state index contributed by atoms with van der Waals surface area (Å²) in [7, 11) is 0. The number of carbonyl (C=O) groups is 1. The van der Waals surface area contributed by atoms with Crippen LogP contribution in [-0.4, -0.2) is 5.78 Å². The molecule has 0 aliphatic carbocycles. The summed E-state index contributed by atoms with van der Waals surface area (Å²) < 4.78 is 14.6. The number of ketones is 1. The van der Waals surface area contributed by atoms with Gasteiger partial charge in [0.15, 0.2) is 5.78 Å². The van der Waals surface area contributed by atoms with Crippen molar-refractivity contribution in [3.63, 3.8) is 0 Å². The van der Waals surface area contributed by atoms with E-state index in [1.807, 2.05) is 19.9 Å². The fraction of sp³-hybridized carbons (Fsp3) is 0.133. The fourth-order valence-electron chi connectivity index (χ4n) is 1.82. The van der Waals surface area contributed by atoms with Crippen LogP contribution in [0.15, 0.2) is 40.9 Å². The van der Waals surface area contributed by atoms with E-state index in [4.69, 9.17) is 0 Å². The summed E-state index contributed by atoms with van der Waals surface area (Å²) in [6.07, 6.45) is 0. The molecule has 2 aromatic carbocycles. The van der Waals surface area contributed by atoms with Gasteiger partial charge in [-0.25, -0.2) is 4.39 Å². The molecule has 92 valence electrons. The van der Waals surface area contributed by atoms with Crippen molar-refractivity contribution >= 4 is 21.7 Å². The molecular formula is C15H12BrFO. The number of benzene rings is 2. The Morgan fingerprint density at radius 1 is 1.06 bits per heavy atom. The third-order valence-corrected chi connectivity index (χ3v) is 3.72. The lowest BCUT2D eigenvalue weighted by molar-refractivity contribution is 0.103. The Balaban J connectivity index is 2.53. The van der Waals surface area contributed by atoms with Crippen LogP contribution in [0.2, 0.25) is 0 Å². The molecule has 0 N–H and O–H groups in total. The van der Waals surface area contributed by atoms with Gasteiger partial charge in [0.25, 0.3) is 0 Å². The van der Waals surface area contributed by atoms with Crippen molar-refractivity contribution in [2.24, 2.45) is 0 Å². The van der Waals surface area contributed by atoms with E-state index < -0.39 is 5.82 Å². The van der Waals surface area contributed by atoms with E-state index in [0.29, 0.717) is 5.56 Å². The molecule has 0 amide bonds. The standard InChI is InChI=1S/C15H12BrFO/c1-9-8-13(16)10(2)7-12(9)15(18)11-5-3-4-6-14(11)17/h3-8H,1-2H3. The summed E-state index contributed by atoms with van der Waals surface area (Å²) in [6, 6.07) is 9.71. The highest BCUT2D eigenvalue weighted by Crippen LogP contribution is 2.23. The van der Waals surface area contributed by atoms with Gasteiger partial charge in [-0.1, -0.05) is 28.1 Å². The lowest BCUT2D eigenvalue weighted by Gasteiger charge is -2.08. The van der Waals surface area contributed by atoms with Gasteiger partial charge in [-0.3, -0.25) is 4.79 Å². The summed E-state index contributed by atoms with van der Waals surface area (Å²) in [5, 5.41) is 0. The molecule has 2 aromatic rings. The molecular weight excluding hydrogens is 295 g/mol. The van der Waals surface area contributed by atoms with Gasteiger partial charge in [0.05, 0.1) is 5.56 Å². The average molecular weight is 307 g/mol. The van der Waals surface area contributed by atoms with Crippen molar-refractivity contribution in [2.45, 2.75) is 13.8 Å². The molecule has 0 atom stereocenters. The minimum atomic E-state index is -0.484. The first-order valence-electron chi connectivity index (χ1n) is 5.56. The van der Waals surface area contributed by atoms with Gasteiger partial charge in [0, 0.05) is 10.0 Å². The molecule has 0 radical (unpaired) electrons. The van der Waals surface area contributed by atoms with E-state index in [1.54, 1.807) is 18.2 Å². The Bertz CT molecular complexity index is 620. The second kappa shape index (κ2) is 5.02. The summed E-state index contributed by atoms with van der Waals surface area (Å²) in [4.78, 5) is 12.3. The first-order chi connectivity index (χ1) is 8.50. The van der Waals surface area contributed by atoms with Crippen LogP contribution in [0.1, 0.15) is 27.0 Å². The molecule has 1 nitrogen and oxygen atoms in total. The third-order valence-electron chi connectivity index (χ3n) is 2.87. The molecule has 0 saturated carbocycles. The predicted molar refractivity (Wildman–Crippen MR) is 73.4 cm³/mol. The molecule has 0 heterocycles. The van der Waals surface area contributed by atoms with Crippen molar-refractivity contribution in [2.75, 3.05) is 0 Å². The van der Waals surface area contributed by atoms with Crippen LogP contribution in [0.25, 0.3) is 0 Å². The Morgan fingerprint density at radius 2 is 1.72 bits per heavy atom. The van der Waals surface area contributed by atoms with E-state index in [0.717, 1.165) is 15.6 Å². The maximum atomic E-state index is 13.6. The van der Waals surface area contributed by atoms with Crippen LogP contribution < -0.4 is 0 Å². The number of aryl methyl sites for hydroxylation is 2. The zero-order chi connectivity index (χ0) is 13.3. The Kier molecular flexibility index (Phi) is 3.62. The monoisotopic (exact) mass is 306 g/mol. The third kappa shape index (κ3) is 2.36. The van der Waals surface area contributed by atoms with Crippen LogP contribution in [-0.2, 0) is 0 Å². The predicted octanol–water partition coefficient (Wildman–Crippen LogP) is 4.44. The molecule has 3 heteroatoms. The van der Waals surface area contributed by atoms with Gasteiger partial charge >= 0.3 is 0 Å². The number of carbonyl (C=O) groups excluding carboxylic acids is 1. The van der Waals surface area contributed by atoms with Crippen molar-refractivity contribution in [3.8, 4) is 0 Å². The Morgan fingerprint density at radius 3 is 2.39 bits per heavy atom. The second-order valence-corrected chi connectivity index (χ2v) is 5.08. The molecule has 0 aliphatic rings. The van der Waals surface area contributed by atoms with Crippen LogP contribution >= 0.6 is 15.9 Å². The highest BCUT2D eigenvalue weighted by atomic mass is 79.9. The zero-order valence-electron chi connectivity index (χ0n) is 10.1. The van der Waals surface area contributed by atoms with Crippen molar-refractivity contribution in [1.29, 1.82) is 0 Å². The Hall–Kier alpha value is -1.48. The molecule has 0 aromatic heterocycles. The zero-order valence-corrected chi connectivity index (χ0v) is 11.7. The summed E-state index contributed by atoms with van der Waals surface area (Å²) in [5.74, 6) is -0.760. The molecule has 0 aliphatic heterocycles. The smallest absolute Gasteiger partial charge is 0.196 e. The summed E-state index contributed by atoms with van der Waals surface area (Å²) in [5.41, 5.74) is 2.45. The van der Waals surface area contributed by atoms with E-state index >= 15 is 0 Å². The van der Waals surface area contributed by atoms with Gasteiger partial charge in [0.2, 0.25) is 0 Å². The van der Waals surface area contributed by atoms with Crippen molar-refractivity contribution in [1.82, 2.24) is 0 Å². The van der Waals surface area contributed by atoms with Crippen molar-refractivity contribution < 1.29 is 9.18 Å². The molecule has 0 saturated heterocycles. The SMILES string of the molecule is Cc1cc(C(=O)c2ccccc2F)c(C)cc1Br. The first kappa shape index (κ1) is 13.0. The number of hydrogen-bond donors (Lipinski definition) is 0. The van der Waals surface area contributed by atoms with E-state index in [2.05, 4.69) is 15.9 Å². The quantitative estimate of drug-likeness (QED) is 0.750. The molecule has 0 fully saturated rings. The van der Waals surface area contributed by atoms with Gasteiger partial charge in [-0.2, -0.15) is 0 Å². The number of hydrogen-bond acceptors (Lipinski definition) is 1. The topological polar surface area (TPSA) is 17.1 Å². The summed E-state index contributed by atoms with van der Waals surface area (Å²) in [6.45, 7) is 3.75. The van der Waals surface area contributed by atoms with E-state index in [1.165, 1.54) is 12.1 Å². The number of rotatable bonds is 2. The highest BCUT2D eigenvalue weighted by Gasteiger charge is 2.16. The minimum Gasteiger partial charge on any atom is -0.288 e. The lowest BCUT2D eigenvalue weighted by Crippen LogP contribution is -2.06. The van der Waals surface area contributed by atoms with Gasteiger partial charge < -0.3 is 0 Å². The van der Waals surface area contributed by atoms with Crippen LogP contribution in [0.3, 0.4) is 0 Å². The van der Waals surface area contributed by atoms with Gasteiger partial charge in [0.1, 0.15) is 5.82 Å². The largest absolute Gasteiger partial charge is 0.288 e. The number of halogens is 2. The maximum absolute atomic E-state index is 13.6. The van der Waals surface area contributed by atoms with Crippen LogP contribution in [0, 0.1) is 19.7 Å². The van der Waals surface area contributed by atoms with E-state index in [-0.39, 0.29) is 11.3 Å². The van der Waals surface area contributed by atoms with Crippen LogP contribution in [0.4, 0.5) is 4.39 Å². The first-order valence-corrected chi connectivity index (χ1v) is 6.36. The minimum absolute atomic E-state index is 0.113. The van der Waals surface area contributed by atoms with Gasteiger partial charge in [-0.05, 0) is 49.2 Å². The van der Waals surface area contributed by atoms with Crippen LogP contribution in [0.5, 0.6) is 0 Å². The molecule has 0 spiro atoms. The molecule has 2 rings (SSSR count). The fourth-order valence-corrected chi connectivity index (χ4v) is 2.27. The average Bonchev–Trinajstić information content (AvgIpc) is 2.33. The normalized spacial score (nSPS) is 10.4.